The summed E-state index contributed by atoms with van der Waals surface area (Å²) in [6, 6.07) is 0.392. The SMILES string of the molecule is CCCn1nc(C(=O)O)c2c1CC[C@H](N1CCOC(C)(C)C1)C2. The van der Waals surface area contributed by atoms with E-state index in [1.54, 1.807) is 0 Å². The summed E-state index contributed by atoms with van der Waals surface area (Å²) in [6.45, 7) is 9.70. The number of hydrogen-bond acceptors (Lipinski definition) is 4. The van der Waals surface area contributed by atoms with Gasteiger partial charge in [0.1, 0.15) is 0 Å². The first-order valence-electron chi connectivity index (χ1n) is 8.61. The minimum absolute atomic E-state index is 0.124. The van der Waals surface area contributed by atoms with Gasteiger partial charge < -0.3 is 9.84 Å². The summed E-state index contributed by atoms with van der Waals surface area (Å²) < 4.78 is 7.72. The number of hydrogen-bond donors (Lipinski definition) is 1. The van der Waals surface area contributed by atoms with Crippen molar-refractivity contribution < 1.29 is 14.6 Å². The fraction of sp³-hybridized carbons (Fsp3) is 0.765. The first kappa shape index (κ1) is 16.5. The molecule has 23 heavy (non-hydrogen) atoms. The van der Waals surface area contributed by atoms with Crippen LogP contribution in [0.15, 0.2) is 0 Å². The lowest BCUT2D eigenvalue weighted by Crippen LogP contribution is -2.53. The Labute approximate surface area is 137 Å². The molecule has 2 heterocycles. The number of rotatable bonds is 4. The molecule has 1 aromatic heterocycles. The number of ether oxygens (including phenoxy) is 1. The molecule has 1 saturated heterocycles. The molecular formula is C17H27N3O3. The van der Waals surface area contributed by atoms with Gasteiger partial charge in [0, 0.05) is 36.9 Å². The number of aromatic carboxylic acids is 1. The molecule has 0 radical (unpaired) electrons. The molecule has 1 N–H and O–H groups in total. The summed E-state index contributed by atoms with van der Waals surface area (Å²) in [6.07, 6.45) is 3.74. The van der Waals surface area contributed by atoms with Gasteiger partial charge in [-0.25, -0.2) is 4.79 Å². The lowest BCUT2D eigenvalue weighted by molar-refractivity contribution is -0.0982. The number of carboxylic acids is 1. The molecule has 0 unspecified atom stereocenters. The first-order valence-corrected chi connectivity index (χ1v) is 8.61. The predicted octanol–water partition coefficient (Wildman–Crippen LogP) is 1.96. The van der Waals surface area contributed by atoms with Gasteiger partial charge in [-0.3, -0.25) is 9.58 Å². The van der Waals surface area contributed by atoms with E-state index in [2.05, 4.69) is 30.8 Å². The van der Waals surface area contributed by atoms with Gasteiger partial charge in [-0.05, 0) is 39.5 Å². The molecule has 1 aliphatic heterocycles. The van der Waals surface area contributed by atoms with E-state index in [9.17, 15) is 9.90 Å². The van der Waals surface area contributed by atoms with Crippen LogP contribution in [-0.4, -0.2) is 57.1 Å². The average Bonchev–Trinajstić information content (AvgIpc) is 2.85. The highest BCUT2D eigenvalue weighted by atomic mass is 16.5. The Balaban J connectivity index is 1.83. The zero-order valence-corrected chi connectivity index (χ0v) is 14.3. The summed E-state index contributed by atoms with van der Waals surface area (Å²) in [5.41, 5.74) is 2.21. The molecule has 0 bridgehead atoms. The fourth-order valence-electron chi connectivity index (χ4n) is 3.91. The van der Waals surface area contributed by atoms with E-state index >= 15 is 0 Å². The second-order valence-electron chi connectivity index (χ2n) is 7.28. The lowest BCUT2D eigenvalue weighted by Gasteiger charge is -2.43. The summed E-state index contributed by atoms with van der Waals surface area (Å²) in [5, 5.41) is 13.9. The minimum Gasteiger partial charge on any atom is -0.476 e. The fourth-order valence-corrected chi connectivity index (χ4v) is 3.91. The van der Waals surface area contributed by atoms with Crippen LogP contribution >= 0.6 is 0 Å². The van der Waals surface area contributed by atoms with Crippen molar-refractivity contribution in [1.82, 2.24) is 14.7 Å². The highest BCUT2D eigenvalue weighted by Gasteiger charge is 2.35. The van der Waals surface area contributed by atoms with Crippen LogP contribution in [0.3, 0.4) is 0 Å². The zero-order chi connectivity index (χ0) is 16.6. The maximum absolute atomic E-state index is 11.6. The molecule has 1 aromatic rings. The summed E-state index contributed by atoms with van der Waals surface area (Å²) in [5.74, 6) is -0.904. The van der Waals surface area contributed by atoms with Crippen LogP contribution in [0.4, 0.5) is 0 Å². The standard InChI is InChI=1S/C17H27N3O3/c1-4-7-20-14-6-5-12(10-13(14)15(18-20)16(21)22)19-8-9-23-17(2,3)11-19/h12H,4-11H2,1-3H3,(H,21,22)/t12-/m0/s1. The Hall–Kier alpha value is -1.40. The van der Waals surface area contributed by atoms with Gasteiger partial charge in [0.05, 0.1) is 12.2 Å². The topological polar surface area (TPSA) is 67.6 Å². The third-order valence-corrected chi connectivity index (χ3v) is 4.93. The van der Waals surface area contributed by atoms with E-state index in [1.165, 1.54) is 0 Å². The summed E-state index contributed by atoms with van der Waals surface area (Å²) in [7, 11) is 0. The number of nitrogens with zero attached hydrogens (tertiary/aromatic N) is 3. The van der Waals surface area contributed by atoms with Crippen molar-refractivity contribution in [2.45, 2.75) is 64.6 Å². The minimum atomic E-state index is -0.904. The van der Waals surface area contributed by atoms with Crippen molar-refractivity contribution in [3.8, 4) is 0 Å². The Morgan fingerprint density at radius 3 is 2.91 bits per heavy atom. The lowest BCUT2D eigenvalue weighted by atomic mass is 9.89. The maximum atomic E-state index is 11.6. The number of morpholine rings is 1. The van der Waals surface area contributed by atoms with Gasteiger partial charge in [0.2, 0.25) is 0 Å². The molecule has 1 atom stereocenters. The van der Waals surface area contributed by atoms with E-state index in [0.29, 0.717) is 6.04 Å². The molecule has 128 valence electrons. The number of aryl methyl sites for hydroxylation is 1. The van der Waals surface area contributed by atoms with Gasteiger partial charge in [0.25, 0.3) is 0 Å². The highest BCUT2D eigenvalue weighted by molar-refractivity contribution is 5.87. The van der Waals surface area contributed by atoms with Crippen LogP contribution in [-0.2, 0) is 24.1 Å². The molecule has 0 saturated carbocycles. The summed E-state index contributed by atoms with van der Waals surface area (Å²) in [4.78, 5) is 14.0. The highest BCUT2D eigenvalue weighted by Crippen LogP contribution is 2.30. The van der Waals surface area contributed by atoms with Gasteiger partial charge in [-0.1, -0.05) is 6.92 Å². The number of aromatic nitrogens is 2. The third kappa shape index (κ3) is 3.28. The molecule has 1 aliphatic carbocycles. The molecule has 0 spiro atoms. The maximum Gasteiger partial charge on any atom is 0.356 e. The van der Waals surface area contributed by atoms with Crippen LogP contribution in [0.5, 0.6) is 0 Å². The molecule has 6 heteroatoms. The molecule has 0 aromatic carbocycles. The quantitative estimate of drug-likeness (QED) is 0.918. The van der Waals surface area contributed by atoms with Crippen molar-refractivity contribution in [3.63, 3.8) is 0 Å². The van der Waals surface area contributed by atoms with Gasteiger partial charge >= 0.3 is 5.97 Å². The number of carbonyl (C=O) groups is 1. The van der Waals surface area contributed by atoms with E-state index in [0.717, 1.165) is 63.2 Å². The smallest absolute Gasteiger partial charge is 0.356 e. The van der Waals surface area contributed by atoms with Gasteiger partial charge in [-0.2, -0.15) is 5.10 Å². The van der Waals surface area contributed by atoms with E-state index in [4.69, 9.17) is 4.74 Å². The molecule has 2 aliphatic rings. The Morgan fingerprint density at radius 1 is 1.48 bits per heavy atom. The largest absolute Gasteiger partial charge is 0.476 e. The predicted molar refractivity (Wildman–Crippen MR) is 86.9 cm³/mol. The van der Waals surface area contributed by atoms with Crippen LogP contribution < -0.4 is 0 Å². The van der Waals surface area contributed by atoms with E-state index < -0.39 is 5.97 Å². The van der Waals surface area contributed by atoms with Crippen LogP contribution in [0, 0.1) is 0 Å². The Morgan fingerprint density at radius 2 is 2.26 bits per heavy atom. The van der Waals surface area contributed by atoms with Crippen molar-refractivity contribution in [3.05, 3.63) is 17.0 Å². The normalized spacial score (nSPS) is 24.4. The van der Waals surface area contributed by atoms with Gasteiger partial charge in [-0.15, -0.1) is 0 Å². The number of carboxylic acid groups (broad SMARTS) is 1. The summed E-state index contributed by atoms with van der Waals surface area (Å²) >= 11 is 0. The van der Waals surface area contributed by atoms with Crippen LogP contribution in [0.2, 0.25) is 0 Å². The Bertz CT molecular complexity index is 594. The van der Waals surface area contributed by atoms with Crippen LogP contribution in [0.25, 0.3) is 0 Å². The average molecular weight is 321 g/mol. The van der Waals surface area contributed by atoms with E-state index in [-0.39, 0.29) is 11.3 Å². The Kier molecular flexibility index (Phi) is 4.47. The van der Waals surface area contributed by atoms with Crippen molar-refractivity contribution in [1.29, 1.82) is 0 Å². The molecule has 0 amide bonds. The van der Waals surface area contributed by atoms with Crippen molar-refractivity contribution in [2.24, 2.45) is 0 Å². The zero-order valence-electron chi connectivity index (χ0n) is 14.3. The number of fused-ring (bicyclic) bond motifs is 1. The van der Waals surface area contributed by atoms with Gasteiger partial charge in [0.15, 0.2) is 5.69 Å². The first-order chi connectivity index (χ1) is 10.9. The monoisotopic (exact) mass is 321 g/mol. The molecule has 3 rings (SSSR count). The molecular weight excluding hydrogens is 294 g/mol. The second kappa shape index (κ2) is 6.24. The van der Waals surface area contributed by atoms with Crippen LogP contribution in [0.1, 0.15) is 55.4 Å². The molecule has 6 nitrogen and oxygen atoms in total. The van der Waals surface area contributed by atoms with Crippen molar-refractivity contribution in [2.75, 3.05) is 19.7 Å². The third-order valence-electron chi connectivity index (χ3n) is 4.93. The van der Waals surface area contributed by atoms with E-state index in [1.807, 2.05) is 4.68 Å². The van der Waals surface area contributed by atoms with Crippen molar-refractivity contribution >= 4 is 5.97 Å². The molecule has 1 fully saturated rings. The second-order valence-corrected chi connectivity index (χ2v) is 7.28.